The van der Waals surface area contributed by atoms with E-state index in [0.717, 1.165) is 23.8 Å². The molecule has 0 fully saturated rings. The summed E-state index contributed by atoms with van der Waals surface area (Å²) in [4.78, 5) is 8.22. The number of nitrogens with one attached hydrogen (secondary N) is 1. The van der Waals surface area contributed by atoms with Crippen LogP contribution >= 0.6 is 0 Å². The van der Waals surface area contributed by atoms with Gasteiger partial charge in [-0.15, -0.1) is 0 Å². The van der Waals surface area contributed by atoms with E-state index in [1.165, 1.54) is 0 Å². The van der Waals surface area contributed by atoms with Gasteiger partial charge in [0.05, 0.1) is 13.2 Å². The van der Waals surface area contributed by atoms with Crippen molar-refractivity contribution in [3.63, 3.8) is 0 Å². The smallest absolute Gasteiger partial charge is 0.129 e. The van der Waals surface area contributed by atoms with Gasteiger partial charge in [-0.3, -0.25) is 0 Å². The zero-order valence-corrected chi connectivity index (χ0v) is 9.29. The first-order valence-electron chi connectivity index (χ1n) is 4.94. The molecular formula is C11H17N3O. The quantitative estimate of drug-likeness (QED) is 0.570. The van der Waals surface area contributed by atoms with E-state index in [1.807, 2.05) is 19.9 Å². The van der Waals surface area contributed by atoms with E-state index in [9.17, 15) is 0 Å². The molecule has 0 saturated carbocycles. The molecule has 1 aromatic rings. The molecule has 1 aromatic heterocycles. The van der Waals surface area contributed by atoms with Crippen LogP contribution in [0.2, 0.25) is 0 Å². The Morgan fingerprint density at radius 1 is 1.60 bits per heavy atom. The third-order valence-electron chi connectivity index (χ3n) is 1.68. The molecular weight excluding hydrogens is 190 g/mol. The van der Waals surface area contributed by atoms with Gasteiger partial charge in [0, 0.05) is 12.7 Å². The lowest BCUT2D eigenvalue weighted by Gasteiger charge is -2.06. The van der Waals surface area contributed by atoms with Gasteiger partial charge in [-0.1, -0.05) is 12.2 Å². The fourth-order valence-corrected chi connectivity index (χ4v) is 1.05. The standard InChI is InChI=1S/C11H17N3O/c1-9(2)8-15-7-6-13-11-4-5-12-10(3)14-11/h4-5H,1,6-8H2,2-3H3,(H,12,13,14). The van der Waals surface area contributed by atoms with E-state index in [-0.39, 0.29) is 0 Å². The lowest BCUT2D eigenvalue weighted by molar-refractivity contribution is 0.167. The molecule has 1 heterocycles. The van der Waals surface area contributed by atoms with Gasteiger partial charge in [0.2, 0.25) is 0 Å². The molecule has 0 aromatic carbocycles. The molecule has 0 amide bonds. The first kappa shape index (κ1) is 11.7. The number of rotatable bonds is 6. The number of aryl methyl sites for hydroxylation is 1. The minimum absolute atomic E-state index is 0.616. The van der Waals surface area contributed by atoms with Crippen LogP contribution in [0.25, 0.3) is 0 Å². The van der Waals surface area contributed by atoms with Crippen LogP contribution in [0.15, 0.2) is 24.4 Å². The summed E-state index contributed by atoms with van der Waals surface area (Å²) in [5.41, 5.74) is 1.04. The van der Waals surface area contributed by atoms with Crippen molar-refractivity contribution in [3.05, 3.63) is 30.2 Å². The predicted molar refractivity (Wildman–Crippen MR) is 60.9 cm³/mol. The van der Waals surface area contributed by atoms with Crippen LogP contribution in [0, 0.1) is 6.92 Å². The first-order chi connectivity index (χ1) is 7.18. The van der Waals surface area contributed by atoms with Crippen molar-refractivity contribution in [2.45, 2.75) is 13.8 Å². The van der Waals surface area contributed by atoms with E-state index >= 15 is 0 Å². The molecule has 4 heteroatoms. The summed E-state index contributed by atoms with van der Waals surface area (Å²) in [6.45, 7) is 9.57. The molecule has 0 saturated heterocycles. The maximum absolute atomic E-state index is 5.34. The predicted octanol–water partition coefficient (Wildman–Crippen LogP) is 1.79. The summed E-state index contributed by atoms with van der Waals surface area (Å²) < 4.78 is 5.34. The van der Waals surface area contributed by atoms with E-state index in [0.29, 0.717) is 13.2 Å². The number of nitrogens with zero attached hydrogens (tertiary/aromatic N) is 2. The highest BCUT2D eigenvalue weighted by molar-refractivity contribution is 5.32. The molecule has 1 rings (SSSR count). The topological polar surface area (TPSA) is 47.0 Å². The second kappa shape index (κ2) is 6.14. The number of aromatic nitrogens is 2. The van der Waals surface area contributed by atoms with Crippen molar-refractivity contribution in [2.75, 3.05) is 25.1 Å². The number of ether oxygens (including phenoxy) is 1. The second-order valence-electron chi connectivity index (χ2n) is 3.43. The van der Waals surface area contributed by atoms with Crippen molar-refractivity contribution in [3.8, 4) is 0 Å². The van der Waals surface area contributed by atoms with Crippen LogP contribution < -0.4 is 5.32 Å². The Morgan fingerprint density at radius 2 is 2.40 bits per heavy atom. The minimum Gasteiger partial charge on any atom is -0.375 e. The molecule has 0 atom stereocenters. The summed E-state index contributed by atoms with van der Waals surface area (Å²) in [5, 5.41) is 3.15. The second-order valence-corrected chi connectivity index (χ2v) is 3.43. The zero-order valence-electron chi connectivity index (χ0n) is 9.29. The van der Waals surface area contributed by atoms with Gasteiger partial charge in [-0.25, -0.2) is 9.97 Å². The number of anilines is 1. The van der Waals surface area contributed by atoms with Crippen LogP contribution in [0.3, 0.4) is 0 Å². The highest BCUT2D eigenvalue weighted by Crippen LogP contribution is 2.00. The van der Waals surface area contributed by atoms with Gasteiger partial charge in [-0.2, -0.15) is 0 Å². The number of hydrogen-bond acceptors (Lipinski definition) is 4. The molecule has 0 aliphatic rings. The molecule has 82 valence electrons. The Bertz CT molecular complexity index is 325. The molecule has 0 spiro atoms. The largest absolute Gasteiger partial charge is 0.375 e. The Kier molecular flexibility index (Phi) is 4.77. The van der Waals surface area contributed by atoms with E-state index < -0.39 is 0 Å². The summed E-state index contributed by atoms with van der Waals surface area (Å²) in [5.74, 6) is 1.60. The molecule has 0 aliphatic heterocycles. The van der Waals surface area contributed by atoms with Gasteiger partial charge in [0.15, 0.2) is 0 Å². The van der Waals surface area contributed by atoms with Gasteiger partial charge in [-0.05, 0) is 19.9 Å². The van der Waals surface area contributed by atoms with Crippen molar-refractivity contribution in [1.82, 2.24) is 9.97 Å². The summed E-state index contributed by atoms with van der Waals surface area (Å²) >= 11 is 0. The zero-order chi connectivity index (χ0) is 11.1. The van der Waals surface area contributed by atoms with Crippen LogP contribution in [0.4, 0.5) is 5.82 Å². The van der Waals surface area contributed by atoms with Crippen LogP contribution in [-0.2, 0) is 4.74 Å². The summed E-state index contributed by atoms with van der Waals surface area (Å²) in [7, 11) is 0. The normalized spacial score (nSPS) is 10.0. The van der Waals surface area contributed by atoms with Crippen molar-refractivity contribution >= 4 is 5.82 Å². The molecule has 0 radical (unpaired) electrons. The summed E-state index contributed by atoms with van der Waals surface area (Å²) in [6.07, 6.45) is 1.74. The van der Waals surface area contributed by atoms with E-state index in [4.69, 9.17) is 4.74 Å². The van der Waals surface area contributed by atoms with Crippen LogP contribution in [0.5, 0.6) is 0 Å². The van der Waals surface area contributed by atoms with Crippen molar-refractivity contribution in [1.29, 1.82) is 0 Å². The molecule has 0 unspecified atom stereocenters. The average Bonchev–Trinajstić information content (AvgIpc) is 2.17. The first-order valence-corrected chi connectivity index (χ1v) is 4.94. The Hall–Kier alpha value is -1.42. The third kappa shape index (κ3) is 5.12. The highest BCUT2D eigenvalue weighted by atomic mass is 16.5. The third-order valence-corrected chi connectivity index (χ3v) is 1.68. The Balaban J connectivity index is 2.17. The lowest BCUT2D eigenvalue weighted by Crippen LogP contribution is -2.11. The highest BCUT2D eigenvalue weighted by Gasteiger charge is 1.94. The monoisotopic (exact) mass is 207 g/mol. The van der Waals surface area contributed by atoms with Crippen LogP contribution in [0.1, 0.15) is 12.7 Å². The average molecular weight is 207 g/mol. The Morgan fingerprint density at radius 3 is 3.07 bits per heavy atom. The van der Waals surface area contributed by atoms with Gasteiger partial charge in [0.25, 0.3) is 0 Å². The SMILES string of the molecule is C=C(C)COCCNc1ccnc(C)n1. The van der Waals surface area contributed by atoms with Gasteiger partial charge in [0.1, 0.15) is 11.6 Å². The molecule has 15 heavy (non-hydrogen) atoms. The van der Waals surface area contributed by atoms with Crippen molar-refractivity contribution in [2.24, 2.45) is 0 Å². The Labute approximate surface area is 90.4 Å². The lowest BCUT2D eigenvalue weighted by atomic mass is 10.4. The maximum atomic E-state index is 5.34. The molecule has 0 aliphatic carbocycles. The molecule has 1 N–H and O–H groups in total. The fraction of sp³-hybridized carbons (Fsp3) is 0.455. The van der Waals surface area contributed by atoms with E-state index in [1.54, 1.807) is 6.20 Å². The summed E-state index contributed by atoms with van der Waals surface area (Å²) in [6, 6.07) is 1.84. The molecule has 4 nitrogen and oxygen atoms in total. The fourth-order valence-electron chi connectivity index (χ4n) is 1.05. The minimum atomic E-state index is 0.616. The van der Waals surface area contributed by atoms with Gasteiger partial charge >= 0.3 is 0 Å². The van der Waals surface area contributed by atoms with Gasteiger partial charge < -0.3 is 10.1 Å². The number of hydrogen-bond donors (Lipinski definition) is 1. The van der Waals surface area contributed by atoms with E-state index in [2.05, 4.69) is 21.9 Å². The molecule has 0 bridgehead atoms. The van der Waals surface area contributed by atoms with Crippen LogP contribution in [-0.4, -0.2) is 29.7 Å². The van der Waals surface area contributed by atoms with Crippen molar-refractivity contribution < 1.29 is 4.74 Å². The maximum Gasteiger partial charge on any atom is 0.129 e.